The molecular formula is C20H22N2S. The van der Waals surface area contributed by atoms with Gasteiger partial charge in [-0.2, -0.15) is 0 Å². The molecule has 2 heterocycles. The third-order valence-electron chi connectivity index (χ3n) is 4.65. The van der Waals surface area contributed by atoms with Crippen LogP contribution in [0, 0.1) is 0 Å². The van der Waals surface area contributed by atoms with Gasteiger partial charge in [-0.3, -0.25) is 0 Å². The maximum Gasteiger partial charge on any atom is 0.0458 e. The Kier molecular flexibility index (Phi) is 4.15. The van der Waals surface area contributed by atoms with E-state index in [2.05, 4.69) is 71.5 Å². The number of hydrogen-bond acceptors (Lipinski definition) is 3. The minimum absolute atomic E-state index is 1.10. The Morgan fingerprint density at radius 2 is 1.61 bits per heavy atom. The van der Waals surface area contributed by atoms with E-state index in [0.29, 0.717) is 0 Å². The summed E-state index contributed by atoms with van der Waals surface area (Å²) in [6.45, 7) is 4.56. The van der Waals surface area contributed by atoms with Gasteiger partial charge in [0, 0.05) is 40.7 Å². The molecule has 2 aromatic carbocycles. The van der Waals surface area contributed by atoms with Crippen LogP contribution < -0.4 is 0 Å². The zero-order valence-corrected chi connectivity index (χ0v) is 14.4. The lowest BCUT2D eigenvalue weighted by Gasteiger charge is -2.26. The van der Waals surface area contributed by atoms with E-state index < -0.39 is 0 Å². The first-order valence-electron chi connectivity index (χ1n) is 8.33. The Hall–Kier alpha value is -1.71. The summed E-state index contributed by atoms with van der Waals surface area (Å²) in [6.07, 6.45) is 3.62. The first kappa shape index (κ1) is 14.9. The molecule has 0 unspecified atom stereocenters. The molecule has 0 radical (unpaired) electrons. The molecule has 0 aromatic heterocycles. The first-order valence-corrected chi connectivity index (χ1v) is 9.14. The van der Waals surface area contributed by atoms with Gasteiger partial charge in [-0.1, -0.05) is 48.2 Å². The van der Waals surface area contributed by atoms with Crippen molar-refractivity contribution >= 4 is 23.5 Å². The largest absolute Gasteiger partial charge is 0.370 e. The van der Waals surface area contributed by atoms with E-state index in [1.54, 1.807) is 0 Å². The summed E-state index contributed by atoms with van der Waals surface area (Å²) < 4.78 is 0. The molecule has 2 aliphatic rings. The van der Waals surface area contributed by atoms with Gasteiger partial charge < -0.3 is 9.80 Å². The molecule has 2 aromatic rings. The molecule has 0 aliphatic carbocycles. The molecule has 2 aliphatic heterocycles. The van der Waals surface area contributed by atoms with Crippen LogP contribution >= 0.6 is 11.8 Å². The number of benzene rings is 2. The molecule has 0 atom stereocenters. The monoisotopic (exact) mass is 322 g/mol. The molecule has 0 amide bonds. The molecule has 1 saturated heterocycles. The highest BCUT2D eigenvalue weighted by molar-refractivity contribution is 7.99. The Morgan fingerprint density at radius 1 is 0.826 bits per heavy atom. The molecule has 3 heteroatoms. The summed E-state index contributed by atoms with van der Waals surface area (Å²) in [5.74, 6) is 0. The highest BCUT2D eigenvalue weighted by Gasteiger charge is 2.21. The van der Waals surface area contributed by atoms with E-state index >= 15 is 0 Å². The predicted octanol–water partition coefficient (Wildman–Crippen LogP) is 4.29. The lowest BCUT2D eigenvalue weighted by atomic mass is 10.1. The minimum atomic E-state index is 1.10. The zero-order chi connectivity index (χ0) is 15.6. The van der Waals surface area contributed by atoms with Crippen molar-refractivity contribution in [2.75, 3.05) is 33.2 Å². The second-order valence-electron chi connectivity index (χ2n) is 6.31. The van der Waals surface area contributed by atoms with Gasteiger partial charge in [-0.15, -0.1) is 0 Å². The maximum absolute atomic E-state index is 2.57. The van der Waals surface area contributed by atoms with Gasteiger partial charge in [0.25, 0.3) is 0 Å². The lowest BCUT2D eigenvalue weighted by molar-refractivity contribution is 0.342. The van der Waals surface area contributed by atoms with Crippen LogP contribution in [0.5, 0.6) is 0 Å². The first-order chi connectivity index (χ1) is 11.3. The van der Waals surface area contributed by atoms with Crippen LogP contribution in [0.2, 0.25) is 0 Å². The van der Waals surface area contributed by atoms with Crippen LogP contribution in [0.25, 0.3) is 11.8 Å². The molecule has 23 heavy (non-hydrogen) atoms. The SMILES string of the molecule is CN1CCCN(C2=Cc3ccccc3Sc3ccccc32)CC1. The van der Waals surface area contributed by atoms with Gasteiger partial charge in [-0.25, -0.2) is 0 Å². The third-order valence-corrected chi connectivity index (χ3v) is 5.82. The van der Waals surface area contributed by atoms with Gasteiger partial charge in [0.2, 0.25) is 0 Å². The van der Waals surface area contributed by atoms with E-state index in [4.69, 9.17) is 0 Å². The number of nitrogens with zero attached hydrogens (tertiary/aromatic N) is 2. The molecule has 2 nitrogen and oxygen atoms in total. The van der Waals surface area contributed by atoms with Gasteiger partial charge >= 0.3 is 0 Å². The van der Waals surface area contributed by atoms with Crippen molar-refractivity contribution in [3.8, 4) is 0 Å². The maximum atomic E-state index is 2.57. The summed E-state index contributed by atoms with van der Waals surface area (Å²) >= 11 is 1.89. The van der Waals surface area contributed by atoms with Gasteiger partial charge in [-0.05, 0) is 43.8 Å². The van der Waals surface area contributed by atoms with Crippen LogP contribution in [0.15, 0.2) is 58.3 Å². The van der Waals surface area contributed by atoms with E-state index in [1.165, 1.54) is 39.6 Å². The number of hydrogen-bond donors (Lipinski definition) is 0. The van der Waals surface area contributed by atoms with E-state index in [-0.39, 0.29) is 0 Å². The van der Waals surface area contributed by atoms with E-state index in [9.17, 15) is 0 Å². The quantitative estimate of drug-likeness (QED) is 0.773. The minimum Gasteiger partial charge on any atom is -0.370 e. The molecule has 1 fully saturated rings. The van der Waals surface area contributed by atoms with Crippen LogP contribution in [0.3, 0.4) is 0 Å². The standard InChI is InChI=1S/C20H22N2S/c1-21-11-6-12-22(14-13-21)18-15-16-7-2-4-9-19(16)23-20-10-5-3-8-17(18)20/h2-5,7-10,15H,6,11-14H2,1H3. The summed E-state index contributed by atoms with van der Waals surface area (Å²) in [5.41, 5.74) is 4.09. The lowest BCUT2D eigenvalue weighted by Crippen LogP contribution is -2.27. The predicted molar refractivity (Wildman–Crippen MR) is 98.6 cm³/mol. The van der Waals surface area contributed by atoms with Crippen molar-refractivity contribution in [1.82, 2.24) is 9.80 Å². The van der Waals surface area contributed by atoms with Crippen molar-refractivity contribution in [3.05, 3.63) is 59.7 Å². The van der Waals surface area contributed by atoms with Crippen molar-refractivity contribution in [2.45, 2.75) is 16.2 Å². The fraction of sp³-hybridized carbons (Fsp3) is 0.300. The van der Waals surface area contributed by atoms with Crippen LogP contribution in [-0.2, 0) is 0 Å². The highest BCUT2D eigenvalue weighted by Crippen LogP contribution is 2.41. The Morgan fingerprint density at radius 3 is 2.52 bits per heavy atom. The molecule has 0 spiro atoms. The summed E-state index contributed by atoms with van der Waals surface area (Å²) in [7, 11) is 2.23. The topological polar surface area (TPSA) is 6.48 Å². The average molecular weight is 322 g/mol. The van der Waals surface area contributed by atoms with Crippen molar-refractivity contribution < 1.29 is 0 Å². The van der Waals surface area contributed by atoms with Gasteiger partial charge in [0.05, 0.1) is 0 Å². The smallest absolute Gasteiger partial charge is 0.0458 e. The van der Waals surface area contributed by atoms with Crippen molar-refractivity contribution in [2.24, 2.45) is 0 Å². The van der Waals surface area contributed by atoms with Crippen molar-refractivity contribution in [1.29, 1.82) is 0 Å². The van der Waals surface area contributed by atoms with Gasteiger partial charge in [0.15, 0.2) is 0 Å². The average Bonchev–Trinajstić information content (AvgIpc) is 2.88. The second kappa shape index (κ2) is 6.42. The molecular weight excluding hydrogens is 300 g/mol. The molecule has 0 bridgehead atoms. The third kappa shape index (κ3) is 3.04. The number of fused-ring (bicyclic) bond motifs is 2. The molecule has 4 rings (SSSR count). The normalized spacial score (nSPS) is 18.5. The summed E-state index contributed by atoms with van der Waals surface area (Å²) in [5, 5.41) is 0. The molecule has 0 N–H and O–H groups in total. The highest BCUT2D eigenvalue weighted by atomic mass is 32.2. The van der Waals surface area contributed by atoms with E-state index in [0.717, 1.165) is 19.6 Å². The Bertz CT molecular complexity index is 738. The number of rotatable bonds is 1. The van der Waals surface area contributed by atoms with Gasteiger partial charge in [0.1, 0.15) is 0 Å². The van der Waals surface area contributed by atoms with Crippen LogP contribution in [0.1, 0.15) is 17.5 Å². The Labute approximate surface area is 142 Å². The summed E-state index contributed by atoms with van der Waals surface area (Å²) in [6, 6.07) is 17.6. The van der Waals surface area contributed by atoms with Crippen molar-refractivity contribution in [3.63, 3.8) is 0 Å². The number of likely N-dealkylation sites (N-methyl/N-ethyl adjacent to an activating group) is 1. The molecule has 118 valence electrons. The summed E-state index contributed by atoms with van der Waals surface area (Å²) in [4.78, 5) is 7.72. The van der Waals surface area contributed by atoms with E-state index in [1.807, 2.05) is 11.8 Å². The van der Waals surface area contributed by atoms with Crippen LogP contribution in [0.4, 0.5) is 0 Å². The zero-order valence-electron chi connectivity index (χ0n) is 13.5. The van der Waals surface area contributed by atoms with Crippen LogP contribution in [-0.4, -0.2) is 43.0 Å². The second-order valence-corrected chi connectivity index (χ2v) is 7.39. The fourth-order valence-electron chi connectivity index (χ4n) is 3.35. The fourth-order valence-corrected chi connectivity index (χ4v) is 4.41. The molecule has 0 saturated carbocycles. The Balaban J connectivity index is 1.81.